The van der Waals surface area contributed by atoms with Crippen LogP contribution in [0.1, 0.15) is 13.8 Å². The summed E-state index contributed by atoms with van der Waals surface area (Å²) in [6.07, 6.45) is 0. The second kappa shape index (κ2) is 20.0. The fourth-order valence-electron chi connectivity index (χ4n) is 6.92. The van der Waals surface area contributed by atoms with E-state index >= 15 is 0 Å². The molecule has 0 aromatic heterocycles. The molecule has 0 fully saturated rings. The number of fused-ring (bicyclic) bond motifs is 4. The van der Waals surface area contributed by atoms with Crippen LogP contribution < -0.4 is 0 Å². The maximum Gasteiger partial charge on any atom is -0.0114 e. The maximum absolute atomic E-state index is 2.21. The van der Waals surface area contributed by atoms with Crippen molar-refractivity contribution in [2.45, 2.75) is 13.8 Å². The van der Waals surface area contributed by atoms with E-state index in [0.717, 1.165) is 0 Å². The first-order valence-corrected chi connectivity index (χ1v) is 19.3. The number of benzene rings is 7. The van der Waals surface area contributed by atoms with Crippen LogP contribution in [0.15, 0.2) is 212 Å². The van der Waals surface area contributed by atoms with Crippen LogP contribution in [0.5, 0.6) is 0 Å². The van der Waals surface area contributed by atoms with E-state index in [0.29, 0.717) is 0 Å². The van der Waals surface area contributed by atoms with Crippen molar-refractivity contribution >= 4 is 71.1 Å². The summed E-state index contributed by atoms with van der Waals surface area (Å²) < 4.78 is 1.51. The van der Waals surface area contributed by atoms with Gasteiger partial charge in [0.15, 0.2) is 0 Å². The molecule has 0 atom stereocenters. The second-order valence-corrected chi connectivity index (χ2v) is 15.7. The van der Waals surface area contributed by atoms with Crippen molar-refractivity contribution in [3.05, 3.63) is 212 Å². The molecule has 0 unspecified atom stereocenters. The quantitative estimate of drug-likeness (QED) is 0.156. The van der Waals surface area contributed by atoms with Gasteiger partial charge in [-0.25, -0.2) is 0 Å². The third-order valence-electron chi connectivity index (χ3n) is 9.28. The van der Waals surface area contributed by atoms with Crippen molar-refractivity contribution in [2.75, 3.05) is 0 Å². The molecule has 10 aromatic carbocycles. The Hall–Kier alpha value is -5.04. The summed E-state index contributed by atoms with van der Waals surface area (Å²) in [6, 6.07) is 74.9. The predicted molar refractivity (Wildman–Crippen MR) is 243 cm³/mol. The summed E-state index contributed by atoms with van der Waals surface area (Å²) in [6.45, 7) is 4.25. The number of hydrogen-bond donors (Lipinski definition) is 0. The molecule has 3 heteroatoms. The third-order valence-corrected chi connectivity index (χ3v) is 9.28. The van der Waals surface area contributed by atoms with Gasteiger partial charge in [0.25, 0.3) is 0 Å². The Labute approximate surface area is 352 Å². The summed E-state index contributed by atoms with van der Waals surface area (Å²) in [5.74, 6) is 0. The van der Waals surface area contributed by atoms with E-state index in [1.165, 1.54) is 79.7 Å². The Kier molecular flexibility index (Phi) is 15.0. The van der Waals surface area contributed by atoms with E-state index in [-0.39, 0.29) is 24.8 Å². The molecule has 0 N–H and O–H groups in total. The summed E-state index contributed by atoms with van der Waals surface area (Å²) in [5.41, 5.74) is 7.84. The fraction of sp³-hybridized carbons (Fsp3) is 0.0385. The van der Waals surface area contributed by atoms with Crippen LogP contribution in [0.3, 0.4) is 0 Å². The average molecular weight is 830 g/mol. The number of rotatable bonds is 3. The van der Waals surface area contributed by atoms with Gasteiger partial charge < -0.3 is 0 Å². The molecule has 0 saturated carbocycles. The molecule has 0 aliphatic rings. The van der Waals surface area contributed by atoms with Gasteiger partial charge in [-0.1, -0.05) is 138 Å². The van der Waals surface area contributed by atoms with Gasteiger partial charge in [-0.3, -0.25) is 0 Å². The summed E-state index contributed by atoms with van der Waals surface area (Å²) in [4.78, 5) is 0. The van der Waals surface area contributed by atoms with Gasteiger partial charge in [-0.2, -0.15) is 36.4 Å². The minimum absolute atomic E-state index is 0. The van der Waals surface area contributed by atoms with Crippen molar-refractivity contribution < 1.29 is 24.2 Å². The summed E-state index contributed by atoms with van der Waals surface area (Å²) >= 11 is 1.55. The molecule has 0 aliphatic carbocycles. The third kappa shape index (κ3) is 9.99. The van der Waals surface area contributed by atoms with Crippen LogP contribution in [0.25, 0.3) is 76.5 Å². The zero-order valence-corrected chi connectivity index (χ0v) is 35.1. The van der Waals surface area contributed by atoms with E-state index in [1.54, 1.807) is 24.2 Å². The molecular formula is C52H43Cl2Zr-3. The molecule has 0 spiro atoms. The smallest absolute Gasteiger partial charge is 0.0114 e. The largest absolute Gasteiger partial charge is 0.168 e. The minimum atomic E-state index is 0. The van der Waals surface area contributed by atoms with Crippen LogP contribution in [-0.4, -0.2) is 3.21 Å². The molecule has 272 valence electrons. The van der Waals surface area contributed by atoms with E-state index < -0.39 is 0 Å². The van der Waals surface area contributed by atoms with E-state index in [2.05, 4.69) is 226 Å². The Morgan fingerprint density at radius 1 is 0.345 bits per heavy atom. The summed E-state index contributed by atoms with van der Waals surface area (Å²) in [5, 5.41) is 10.6. The first kappa shape index (κ1) is 41.1. The van der Waals surface area contributed by atoms with Gasteiger partial charge in [0.05, 0.1) is 0 Å². The number of halogens is 2. The molecule has 0 nitrogen and oxygen atoms in total. The van der Waals surface area contributed by atoms with Gasteiger partial charge in [0.2, 0.25) is 0 Å². The van der Waals surface area contributed by atoms with Crippen LogP contribution in [0.4, 0.5) is 0 Å². The van der Waals surface area contributed by atoms with Crippen molar-refractivity contribution in [1.82, 2.24) is 0 Å². The molecular weight excluding hydrogens is 787 g/mol. The summed E-state index contributed by atoms with van der Waals surface area (Å²) in [7, 11) is 0. The molecule has 0 amide bonds. The van der Waals surface area contributed by atoms with Gasteiger partial charge in [-0.05, 0) is 27.5 Å². The minimum Gasteiger partial charge on any atom is -0.168 e. The van der Waals surface area contributed by atoms with E-state index in [4.69, 9.17) is 0 Å². The predicted octanol–water partition coefficient (Wildman–Crippen LogP) is 15.4. The topological polar surface area (TPSA) is 0 Å². The molecule has 0 heterocycles. The average Bonchev–Trinajstić information content (AvgIpc) is 4.00. The first-order valence-electron chi connectivity index (χ1n) is 18.1. The molecule has 0 aliphatic heterocycles. The van der Waals surface area contributed by atoms with Gasteiger partial charge >= 0.3 is 41.3 Å². The van der Waals surface area contributed by atoms with Crippen molar-refractivity contribution in [3.8, 4) is 33.4 Å². The van der Waals surface area contributed by atoms with E-state index in [9.17, 15) is 0 Å². The number of hydrogen-bond acceptors (Lipinski definition) is 0. The second-order valence-electron chi connectivity index (χ2n) is 13.3. The Morgan fingerprint density at radius 3 is 1.13 bits per heavy atom. The molecule has 55 heavy (non-hydrogen) atoms. The SMILES string of the molecule is C[C](C)=[Zr].Cl.Cl.c1ccc(-c2cccc3[cH-]ccc23)cc1.c1ccc(-c2cccc3[cH-]ccc23)cc1.c1ccc2c(-c3cccc4[cH-]ccc34)cccc2c1. The van der Waals surface area contributed by atoms with Crippen molar-refractivity contribution in [3.63, 3.8) is 0 Å². The zero-order valence-electron chi connectivity index (χ0n) is 31.0. The molecule has 0 bridgehead atoms. The molecule has 10 aromatic rings. The standard InChI is InChI=1S/C19H13.2C15H11.C3H6.2ClH.Zr/c1-2-10-16-14(6-1)8-4-12-18(16)19-13-5-9-15-7-3-11-17(15)19;2*1-2-6-12(7-3-1)14-10-4-8-13-9-5-11-15(13)14;1-3-2;;;/h1-13H;2*1-11H;1-2H3;2*1H;/q3*-1;;;;. The zero-order chi connectivity index (χ0) is 36.4. The Morgan fingerprint density at radius 2 is 0.673 bits per heavy atom. The van der Waals surface area contributed by atoms with Crippen molar-refractivity contribution in [2.24, 2.45) is 0 Å². The van der Waals surface area contributed by atoms with Crippen LogP contribution in [0.2, 0.25) is 0 Å². The molecule has 10 rings (SSSR count). The first-order chi connectivity index (χ1) is 26.1. The molecule has 0 radical (unpaired) electrons. The Balaban J connectivity index is 0.000000149. The maximum atomic E-state index is 2.21. The van der Waals surface area contributed by atoms with Crippen LogP contribution in [-0.2, 0) is 24.2 Å². The van der Waals surface area contributed by atoms with Crippen LogP contribution >= 0.6 is 24.8 Å². The van der Waals surface area contributed by atoms with Crippen LogP contribution in [0, 0.1) is 0 Å². The van der Waals surface area contributed by atoms with Crippen molar-refractivity contribution in [1.29, 1.82) is 0 Å². The molecule has 0 saturated heterocycles. The van der Waals surface area contributed by atoms with Gasteiger partial charge in [0.1, 0.15) is 0 Å². The van der Waals surface area contributed by atoms with Gasteiger partial charge in [0, 0.05) is 0 Å². The van der Waals surface area contributed by atoms with Gasteiger partial charge in [-0.15, -0.1) is 112 Å². The normalized spacial score (nSPS) is 10.1. The Bertz CT molecular complexity index is 2590. The monoisotopic (exact) mass is 827 g/mol. The van der Waals surface area contributed by atoms with E-state index in [1.807, 2.05) is 0 Å². The fourth-order valence-corrected chi connectivity index (χ4v) is 6.92.